The first-order chi connectivity index (χ1) is 27.1. The van der Waals surface area contributed by atoms with Crippen LogP contribution in [0.15, 0.2) is 85.0 Å². The third kappa shape index (κ3) is 15.5. The zero-order chi connectivity index (χ0) is 40.1. The molecule has 2 aromatic rings. The van der Waals surface area contributed by atoms with Gasteiger partial charge in [-0.15, -0.1) is 0 Å². The smallest absolute Gasteiger partial charge is 0.333 e. The predicted molar refractivity (Wildman–Crippen MR) is 210 cm³/mol. The molecular formula is C44H54O12. The van der Waals surface area contributed by atoms with Crippen LogP contribution in [0.4, 0.5) is 0 Å². The van der Waals surface area contributed by atoms with Gasteiger partial charge in [0, 0.05) is 23.3 Å². The van der Waals surface area contributed by atoms with Crippen molar-refractivity contribution < 1.29 is 57.1 Å². The Morgan fingerprint density at radius 1 is 0.571 bits per heavy atom. The fourth-order valence-electron chi connectivity index (χ4n) is 5.76. The van der Waals surface area contributed by atoms with Crippen molar-refractivity contribution in [2.24, 2.45) is 0 Å². The molecule has 2 aliphatic rings. The maximum atomic E-state index is 12.6. The lowest BCUT2D eigenvalue weighted by molar-refractivity contribution is -0.149. The summed E-state index contributed by atoms with van der Waals surface area (Å²) in [6.45, 7) is 12.6. The quantitative estimate of drug-likeness (QED) is 0.0463. The van der Waals surface area contributed by atoms with E-state index in [0.29, 0.717) is 37.6 Å². The number of fused-ring (bicyclic) bond motifs is 1. The topological polar surface area (TPSA) is 142 Å². The number of ether oxygens (including phenoxy) is 8. The van der Waals surface area contributed by atoms with E-state index in [1.165, 1.54) is 12.2 Å². The molecule has 2 fully saturated rings. The van der Waals surface area contributed by atoms with E-state index in [4.69, 9.17) is 37.9 Å². The summed E-state index contributed by atoms with van der Waals surface area (Å²) in [5.74, 6) is -0.309. The van der Waals surface area contributed by atoms with E-state index >= 15 is 0 Å². The summed E-state index contributed by atoms with van der Waals surface area (Å²) in [6, 6.07) is 14.8. The van der Waals surface area contributed by atoms with E-state index in [0.717, 1.165) is 74.0 Å². The van der Waals surface area contributed by atoms with Crippen LogP contribution in [0.3, 0.4) is 0 Å². The number of benzene rings is 2. The monoisotopic (exact) mass is 774 g/mol. The van der Waals surface area contributed by atoms with Gasteiger partial charge in [-0.25, -0.2) is 19.2 Å². The summed E-state index contributed by atoms with van der Waals surface area (Å²) >= 11 is 0. The predicted octanol–water partition coefficient (Wildman–Crippen LogP) is 7.15. The van der Waals surface area contributed by atoms with Crippen molar-refractivity contribution in [2.45, 2.75) is 89.6 Å². The number of rotatable bonds is 24. The second-order valence-corrected chi connectivity index (χ2v) is 13.7. The molecule has 2 saturated heterocycles. The molecule has 0 aliphatic carbocycles. The molecule has 0 N–H and O–H groups in total. The second-order valence-electron chi connectivity index (χ2n) is 13.7. The number of esters is 4. The van der Waals surface area contributed by atoms with E-state index in [2.05, 4.69) is 13.2 Å². The minimum Gasteiger partial charge on any atom is -0.494 e. The Hall–Kier alpha value is -5.20. The molecule has 56 heavy (non-hydrogen) atoms. The highest BCUT2D eigenvalue weighted by atomic mass is 16.7. The standard InChI is InChI=1S/C44H54O12/c1-31(2)43(47)51-27-11-7-5-9-25-49-35-19-13-33(14-20-35)17-23-39(45)55-37-29-53-42-38(30-54-41(37)42)56-40(46)24-18-34-15-21-36(22-16-34)50-26-10-6-8-12-28-52-44(48)32(3)4/h13-24,37-38,41-42H,1,3,5-12,25-30H2,2,4H3/b23-17-,24-18+. The summed E-state index contributed by atoms with van der Waals surface area (Å²) in [5, 5.41) is 0. The molecule has 302 valence electrons. The molecule has 0 amide bonds. The van der Waals surface area contributed by atoms with Gasteiger partial charge in [0.25, 0.3) is 0 Å². The third-order valence-electron chi connectivity index (χ3n) is 8.86. The van der Waals surface area contributed by atoms with Crippen LogP contribution in [-0.2, 0) is 47.6 Å². The first kappa shape index (κ1) is 43.5. The molecule has 0 aromatic heterocycles. The SMILES string of the molecule is C=C(C)C(=O)OCCCCCCOc1ccc(/C=C\C(=O)OC2COC3C(OC(=O)/C=C/c4ccc(OCCCCCCOC(=O)C(=C)C)cc4)COC23)cc1. The average Bonchev–Trinajstić information content (AvgIpc) is 3.78. The van der Waals surface area contributed by atoms with Crippen LogP contribution in [0, 0.1) is 0 Å². The van der Waals surface area contributed by atoms with E-state index in [9.17, 15) is 19.2 Å². The molecule has 0 bridgehead atoms. The number of unbranched alkanes of at least 4 members (excludes halogenated alkanes) is 6. The van der Waals surface area contributed by atoms with Gasteiger partial charge in [0.15, 0.2) is 12.2 Å². The third-order valence-corrected chi connectivity index (χ3v) is 8.86. The Balaban J connectivity index is 1.07. The Morgan fingerprint density at radius 3 is 1.29 bits per heavy atom. The Kier molecular flexibility index (Phi) is 18.4. The van der Waals surface area contributed by atoms with Gasteiger partial charge < -0.3 is 37.9 Å². The van der Waals surface area contributed by atoms with Crippen LogP contribution < -0.4 is 9.47 Å². The zero-order valence-electron chi connectivity index (χ0n) is 32.5. The molecule has 12 heteroatoms. The van der Waals surface area contributed by atoms with Crippen molar-refractivity contribution >= 4 is 36.0 Å². The van der Waals surface area contributed by atoms with Gasteiger partial charge in [-0.3, -0.25) is 0 Å². The van der Waals surface area contributed by atoms with E-state index in [1.807, 2.05) is 48.5 Å². The van der Waals surface area contributed by atoms with E-state index in [-0.39, 0.29) is 25.2 Å². The molecule has 4 unspecified atom stereocenters. The molecule has 0 spiro atoms. The summed E-state index contributed by atoms with van der Waals surface area (Å²) < 4.78 is 44.7. The largest absolute Gasteiger partial charge is 0.494 e. The Bertz CT molecular complexity index is 1540. The van der Waals surface area contributed by atoms with Gasteiger partial charge in [-0.1, -0.05) is 37.4 Å². The van der Waals surface area contributed by atoms with Gasteiger partial charge in [0.1, 0.15) is 23.7 Å². The van der Waals surface area contributed by atoms with E-state index < -0.39 is 36.4 Å². The fraction of sp³-hybridized carbons (Fsp3) is 0.455. The molecule has 0 saturated carbocycles. The number of hydrogen-bond acceptors (Lipinski definition) is 12. The van der Waals surface area contributed by atoms with Gasteiger partial charge in [-0.2, -0.15) is 0 Å². The van der Waals surface area contributed by atoms with Crippen LogP contribution >= 0.6 is 0 Å². The van der Waals surface area contributed by atoms with Crippen LogP contribution in [0.25, 0.3) is 12.2 Å². The number of carbonyl (C=O) groups excluding carboxylic acids is 4. The second kappa shape index (κ2) is 23.7. The maximum absolute atomic E-state index is 12.6. The van der Waals surface area contributed by atoms with Gasteiger partial charge >= 0.3 is 23.9 Å². The maximum Gasteiger partial charge on any atom is 0.333 e. The van der Waals surface area contributed by atoms with Crippen molar-refractivity contribution in [3.8, 4) is 11.5 Å². The summed E-state index contributed by atoms with van der Waals surface area (Å²) in [5.41, 5.74) is 2.42. The van der Waals surface area contributed by atoms with Crippen LogP contribution in [0.5, 0.6) is 11.5 Å². The normalized spacial score (nSPS) is 18.7. The summed E-state index contributed by atoms with van der Waals surface area (Å²) in [4.78, 5) is 48.0. The van der Waals surface area contributed by atoms with Gasteiger partial charge in [0.05, 0.1) is 39.6 Å². The lowest BCUT2D eigenvalue weighted by Gasteiger charge is -2.16. The Morgan fingerprint density at radius 2 is 0.929 bits per heavy atom. The summed E-state index contributed by atoms with van der Waals surface area (Å²) in [6.07, 6.45) is 10.9. The highest BCUT2D eigenvalue weighted by Gasteiger charge is 2.51. The van der Waals surface area contributed by atoms with Crippen LogP contribution in [0.2, 0.25) is 0 Å². The van der Waals surface area contributed by atoms with Crippen molar-refractivity contribution in [1.29, 1.82) is 0 Å². The highest BCUT2D eigenvalue weighted by Crippen LogP contribution is 2.31. The fourth-order valence-corrected chi connectivity index (χ4v) is 5.76. The van der Waals surface area contributed by atoms with Crippen molar-refractivity contribution in [2.75, 3.05) is 39.6 Å². The molecular weight excluding hydrogens is 720 g/mol. The molecule has 4 atom stereocenters. The molecule has 12 nitrogen and oxygen atoms in total. The van der Waals surface area contributed by atoms with Crippen molar-refractivity contribution in [1.82, 2.24) is 0 Å². The van der Waals surface area contributed by atoms with Gasteiger partial charge in [-0.05, 0) is 113 Å². The van der Waals surface area contributed by atoms with E-state index in [1.54, 1.807) is 26.0 Å². The van der Waals surface area contributed by atoms with Crippen LogP contribution in [-0.4, -0.2) is 87.9 Å². The first-order valence-corrected chi connectivity index (χ1v) is 19.2. The summed E-state index contributed by atoms with van der Waals surface area (Å²) in [7, 11) is 0. The van der Waals surface area contributed by atoms with Crippen molar-refractivity contribution in [3.05, 3.63) is 96.1 Å². The number of carbonyl (C=O) groups is 4. The molecule has 2 heterocycles. The Labute approximate surface area is 329 Å². The average molecular weight is 775 g/mol. The minimum atomic E-state index is -0.627. The molecule has 0 radical (unpaired) electrons. The highest BCUT2D eigenvalue weighted by molar-refractivity contribution is 5.88. The molecule has 4 rings (SSSR count). The van der Waals surface area contributed by atoms with Gasteiger partial charge in [0.2, 0.25) is 0 Å². The first-order valence-electron chi connectivity index (χ1n) is 19.2. The zero-order valence-corrected chi connectivity index (χ0v) is 32.5. The van der Waals surface area contributed by atoms with Crippen LogP contribution in [0.1, 0.15) is 76.3 Å². The number of hydrogen-bond donors (Lipinski definition) is 0. The molecule has 2 aliphatic heterocycles. The van der Waals surface area contributed by atoms with Crippen molar-refractivity contribution in [3.63, 3.8) is 0 Å². The lowest BCUT2D eigenvalue weighted by Crippen LogP contribution is -2.35. The minimum absolute atomic E-state index is 0.134. The lowest BCUT2D eigenvalue weighted by atomic mass is 10.1. The molecule has 2 aromatic carbocycles.